The maximum absolute atomic E-state index is 10.8. The van der Waals surface area contributed by atoms with Crippen LogP contribution in [0.25, 0.3) is 0 Å². The zero-order valence-corrected chi connectivity index (χ0v) is 11.2. The summed E-state index contributed by atoms with van der Waals surface area (Å²) < 4.78 is 0. The number of piperidine rings is 1. The van der Waals surface area contributed by atoms with Gasteiger partial charge in [-0.05, 0) is 44.7 Å². The first-order chi connectivity index (χ1) is 9.11. The first-order valence-electron chi connectivity index (χ1n) is 6.68. The molecule has 0 radical (unpaired) electrons. The average Bonchev–Trinajstić information content (AvgIpc) is 2.39. The van der Waals surface area contributed by atoms with E-state index in [0.29, 0.717) is 18.0 Å². The molecule has 6 nitrogen and oxygen atoms in total. The number of aromatic nitrogens is 1. The summed E-state index contributed by atoms with van der Waals surface area (Å²) in [7, 11) is 0. The van der Waals surface area contributed by atoms with E-state index in [9.17, 15) is 10.1 Å². The van der Waals surface area contributed by atoms with Crippen LogP contribution in [0.1, 0.15) is 24.8 Å². The van der Waals surface area contributed by atoms with Crippen molar-refractivity contribution in [3.8, 4) is 0 Å². The Balaban J connectivity index is 2.13. The third-order valence-electron chi connectivity index (χ3n) is 3.68. The lowest BCUT2D eigenvalue weighted by Crippen LogP contribution is -2.36. The number of nitrogens with zero attached hydrogens (tertiary/aromatic N) is 3. The molecule has 1 aromatic heterocycles. The number of anilines is 1. The molecule has 19 heavy (non-hydrogen) atoms. The molecule has 1 aromatic rings. The molecule has 1 aliphatic heterocycles. The predicted molar refractivity (Wildman–Crippen MR) is 74.2 cm³/mol. The lowest BCUT2D eigenvalue weighted by Gasteiger charge is -2.33. The van der Waals surface area contributed by atoms with Crippen molar-refractivity contribution >= 4 is 11.5 Å². The zero-order chi connectivity index (χ0) is 13.8. The van der Waals surface area contributed by atoms with Gasteiger partial charge in [0.15, 0.2) is 0 Å². The third-order valence-corrected chi connectivity index (χ3v) is 3.68. The van der Waals surface area contributed by atoms with Crippen LogP contribution in [-0.4, -0.2) is 29.5 Å². The van der Waals surface area contributed by atoms with Gasteiger partial charge in [0.05, 0.1) is 4.92 Å². The van der Waals surface area contributed by atoms with Crippen LogP contribution >= 0.6 is 0 Å². The van der Waals surface area contributed by atoms with Gasteiger partial charge >= 0.3 is 0 Å². The summed E-state index contributed by atoms with van der Waals surface area (Å²) in [6.45, 7) is 4.38. The van der Waals surface area contributed by atoms with Crippen molar-refractivity contribution in [2.75, 3.05) is 24.5 Å². The van der Waals surface area contributed by atoms with Gasteiger partial charge in [-0.15, -0.1) is 0 Å². The van der Waals surface area contributed by atoms with Crippen LogP contribution in [0.3, 0.4) is 0 Å². The maximum Gasteiger partial charge on any atom is 0.290 e. The molecule has 104 valence electrons. The molecule has 2 heterocycles. The van der Waals surface area contributed by atoms with E-state index in [2.05, 4.69) is 9.88 Å². The maximum atomic E-state index is 10.8. The van der Waals surface area contributed by atoms with E-state index < -0.39 is 0 Å². The van der Waals surface area contributed by atoms with E-state index in [1.807, 2.05) is 6.07 Å². The van der Waals surface area contributed by atoms with Gasteiger partial charge in [0.25, 0.3) is 5.69 Å². The number of nitrogens with two attached hydrogens (primary N) is 1. The number of rotatable bonds is 4. The molecule has 0 bridgehead atoms. The van der Waals surface area contributed by atoms with Crippen molar-refractivity contribution < 1.29 is 4.92 Å². The van der Waals surface area contributed by atoms with Gasteiger partial charge in [-0.25, -0.2) is 4.98 Å². The van der Waals surface area contributed by atoms with Crippen molar-refractivity contribution in [1.29, 1.82) is 0 Å². The molecule has 2 rings (SSSR count). The Morgan fingerprint density at radius 3 is 3.05 bits per heavy atom. The molecule has 2 N–H and O–H groups in total. The molecule has 1 unspecified atom stereocenters. The Kier molecular flexibility index (Phi) is 4.31. The summed E-state index contributed by atoms with van der Waals surface area (Å²) in [5.74, 6) is 1.45. The van der Waals surface area contributed by atoms with Crippen LogP contribution in [0.2, 0.25) is 0 Å². The molecule has 1 atom stereocenters. The van der Waals surface area contributed by atoms with Crippen molar-refractivity contribution in [1.82, 2.24) is 4.98 Å². The molecular weight excluding hydrogens is 244 g/mol. The van der Waals surface area contributed by atoms with Crippen molar-refractivity contribution in [3.63, 3.8) is 0 Å². The van der Waals surface area contributed by atoms with Gasteiger partial charge in [-0.2, -0.15) is 0 Å². The number of nitro groups is 1. The van der Waals surface area contributed by atoms with Crippen LogP contribution in [0.4, 0.5) is 11.5 Å². The highest BCUT2D eigenvalue weighted by molar-refractivity contribution is 5.48. The topological polar surface area (TPSA) is 85.3 Å². The van der Waals surface area contributed by atoms with E-state index in [-0.39, 0.29) is 10.6 Å². The van der Waals surface area contributed by atoms with Gasteiger partial charge in [0, 0.05) is 18.7 Å². The summed E-state index contributed by atoms with van der Waals surface area (Å²) in [4.78, 5) is 16.8. The van der Waals surface area contributed by atoms with E-state index in [1.54, 1.807) is 6.92 Å². The van der Waals surface area contributed by atoms with E-state index in [1.165, 1.54) is 12.6 Å². The molecule has 1 fully saturated rings. The number of pyridine rings is 1. The monoisotopic (exact) mass is 264 g/mol. The summed E-state index contributed by atoms with van der Waals surface area (Å²) in [5.41, 5.74) is 6.36. The standard InChI is InChI=1S/C13H20N4O2/c1-10-7-13(15-8-12(10)17(18)19)16-6-2-3-11(9-16)4-5-14/h7-8,11H,2-6,9,14H2,1H3. The van der Waals surface area contributed by atoms with Crippen LogP contribution in [-0.2, 0) is 0 Å². The number of aryl methyl sites for hydroxylation is 1. The van der Waals surface area contributed by atoms with Crippen LogP contribution < -0.4 is 10.6 Å². The second-order valence-electron chi connectivity index (χ2n) is 5.12. The van der Waals surface area contributed by atoms with E-state index in [0.717, 1.165) is 31.7 Å². The lowest BCUT2D eigenvalue weighted by molar-refractivity contribution is -0.385. The van der Waals surface area contributed by atoms with Crippen LogP contribution in [0, 0.1) is 23.0 Å². The van der Waals surface area contributed by atoms with Gasteiger partial charge in [-0.1, -0.05) is 0 Å². The normalized spacial score (nSPS) is 19.5. The second-order valence-corrected chi connectivity index (χ2v) is 5.12. The van der Waals surface area contributed by atoms with Crippen molar-refractivity contribution in [2.24, 2.45) is 11.7 Å². The molecule has 1 aliphatic rings. The Hall–Kier alpha value is -1.69. The molecule has 0 saturated carbocycles. The molecule has 0 amide bonds. The summed E-state index contributed by atoms with van der Waals surface area (Å²) in [6.07, 6.45) is 4.72. The Morgan fingerprint density at radius 2 is 2.42 bits per heavy atom. The summed E-state index contributed by atoms with van der Waals surface area (Å²) >= 11 is 0. The highest BCUT2D eigenvalue weighted by atomic mass is 16.6. The molecule has 0 aromatic carbocycles. The average molecular weight is 264 g/mol. The first kappa shape index (κ1) is 13.7. The largest absolute Gasteiger partial charge is 0.356 e. The highest BCUT2D eigenvalue weighted by Gasteiger charge is 2.21. The minimum Gasteiger partial charge on any atom is -0.356 e. The number of hydrogen-bond donors (Lipinski definition) is 1. The fourth-order valence-corrected chi connectivity index (χ4v) is 2.64. The molecular formula is C13H20N4O2. The molecule has 0 spiro atoms. The van der Waals surface area contributed by atoms with Crippen molar-refractivity contribution in [3.05, 3.63) is 27.9 Å². The Morgan fingerprint density at radius 1 is 1.63 bits per heavy atom. The molecule has 6 heteroatoms. The summed E-state index contributed by atoms with van der Waals surface area (Å²) in [5, 5.41) is 10.8. The Labute approximate surface area is 112 Å². The third kappa shape index (κ3) is 3.20. The minimum absolute atomic E-state index is 0.0827. The van der Waals surface area contributed by atoms with E-state index in [4.69, 9.17) is 5.73 Å². The number of hydrogen-bond acceptors (Lipinski definition) is 5. The van der Waals surface area contributed by atoms with Gasteiger partial charge < -0.3 is 10.6 Å². The van der Waals surface area contributed by atoms with Gasteiger partial charge in [0.1, 0.15) is 12.0 Å². The fraction of sp³-hybridized carbons (Fsp3) is 0.615. The first-order valence-corrected chi connectivity index (χ1v) is 6.68. The predicted octanol–water partition coefficient (Wildman–Crippen LogP) is 1.86. The second kappa shape index (κ2) is 5.97. The van der Waals surface area contributed by atoms with E-state index >= 15 is 0 Å². The SMILES string of the molecule is Cc1cc(N2CCCC(CCN)C2)ncc1[N+](=O)[O-]. The van der Waals surface area contributed by atoms with Crippen molar-refractivity contribution in [2.45, 2.75) is 26.2 Å². The molecule has 1 saturated heterocycles. The lowest BCUT2D eigenvalue weighted by atomic mass is 9.95. The summed E-state index contributed by atoms with van der Waals surface area (Å²) in [6, 6.07) is 1.81. The fourth-order valence-electron chi connectivity index (χ4n) is 2.64. The smallest absolute Gasteiger partial charge is 0.290 e. The molecule has 0 aliphatic carbocycles. The highest BCUT2D eigenvalue weighted by Crippen LogP contribution is 2.26. The Bertz CT molecular complexity index is 462. The van der Waals surface area contributed by atoms with Crippen LogP contribution in [0.5, 0.6) is 0 Å². The van der Waals surface area contributed by atoms with Gasteiger partial charge in [-0.3, -0.25) is 10.1 Å². The quantitative estimate of drug-likeness (QED) is 0.662. The minimum atomic E-state index is -0.389. The van der Waals surface area contributed by atoms with Crippen LogP contribution in [0.15, 0.2) is 12.3 Å². The zero-order valence-electron chi connectivity index (χ0n) is 11.2. The van der Waals surface area contributed by atoms with Gasteiger partial charge in [0.2, 0.25) is 0 Å².